The maximum absolute atomic E-state index is 13.2. The molecule has 7 heteroatoms. The maximum atomic E-state index is 13.2. The lowest BCUT2D eigenvalue weighted by molar-refractivity contribution is 0.0594. The highest BCUT2D eigenvalue weighted by Crippen LogP contribution is 2.32. The minimum atomic E-state index is -0.472. The molecule has 0 radical (unpaired) electrons. The van der Waals surface area contributed by atoms with Gasteiger partial charge in [-0.05, 0) is 36.8 Å². The van der Waals surface area contributed by atoms with Crippen molar-refractivity contribution in [3.63, 3.8) is 0 Å². The number of para-hydroxylation sites is 1. The van der Waals surface area contributed by atoms with Gasteiger partial charge < -0.3 is 15.0 Å². The van der Waals surface area contributed by atoms with Crippen LogP contribution in [0.4, 0.5) is 10.5 Å². The highest BCUT2D eigenvalue weighted by atomic mass is 32.1. The SMILES string of the molecule is COC(=O)c1csc(CN(C(=O)Nc2c(C(C)C)cccc2C(C)C)C(C)C)n1. The number of nitrogens with zero attached hydrogens (tertiary/aromatic N) is 2. The summed E-state index contributed by atoms with van der Waals surface area (Å²) in [6.45, 7) is 12.8. The van der Waals surface area contributed by atoms with Crippen molar-refractivity contribution in [1.82, 2.24) is 9.88 Å². The number of nitrogens with one attached hydrogen (secondary N) is 1. The van der Waals surface area contributed by atoms with Crippen LogP contribution in [0.5, 0.6) is 0 Å². The summed E-state index contributed by atoms with van der Waals surface area (Å²) >= 11 is 1.35. The summed E-state index contributed by atoms with van der Waals surface area (Å²) in [5.74, 6) is 0.108. The molecular weight excluding hydrogens is 386 g/mol. The number of ether oxygens (including phenoxy) is 1. The van der Waals surface area contributed by atoms with Gasteiger partial charge in [-0.3, -0.25) is 0 Å². The Hall–Kier alpha value is -2.41. The van der Waals surface area contributed by atoms with Crippen LogP contribution in [0.2, 0.25) is 0 Å². The van der Waals surface area contributed by atoms with Gasteiger partial charge in [0.2, 0.25) is 0 Å². The van der Waals surface area contributed by atoms with Crippen LogP contribution < -0.4 is 5.32 Å². The third-order valence-electron chi connectivity index (χ3n) is 4.74. The fraction of sp³-hybridized carbons (Fsp3) is 0.500. The summed E-state index contributed by atoms with van der Waals surface area (Å²) < 4.78 is 4.71. The fourth-order valence-corrected chi connectivity index (χ4v) is 3.85. The molecule has 0 atom stereocenters. The molecule has 1 heterocycles. The van der Waals surface area contributed by atoms with E-state index >= 15 is 0 Å². The molecule has 0 aliphatic rings. The number of urea groups is 1. The van der Waals surface area contributed by atoms with E-state index in [-0.39, 0.29) is 29.6 Å². The predicted octanol–water partition coefficient (Wildman–Crippen LogP) is 5.62. The zero-order valence-electron chi connectivity index (χ0n) is 18.3. The van der Waals surface area contributed by atoms with Crippen LogP contribution in [-0.2, 0) is 11.3 Å². The Morgan fingerprint density at radius 3 is 2.17 bits per heavy atom. The first-order chi connectivity index (χ1) is 13.6. The van der Waals surface area contributed by atoms with Gasteiger partial charge in [-0.15, -0.1) is 11.3 Å². The molecule has 6 nitrogen and oxygen atoms in total. The van der Waals surface area contributed by atoms with E-state index in [1.165, 1.54) is 18.4 Å². The number of carbonyl (C=O) groups is 2. The largest absolute Gasteiger partial charge is 0.464 e. The monoisotopic (exact) mass is 417 g/mol. The molecule has 0 unspecified atom stereocenters. The predicted molar refractivity (Wildman–Crippen MR) is 118 cm³/mol. The van der Waals surface area contributed by atoms with Gasteiger partial charge in [0, 0.05) is 17.1 Å². The zero-order valence-corrected chi connectivity index (χ0v) is 19.1. The fourth-order valence-electron chi connectivity index (χ4n) is 3.09. The van der Waals surface area contributed by atoms with E-state index in [2.05, 4.69) is 50.1 Å². The Morgan fingerprint density at radius 1 is 1.10 bits per heavy atom. The topological polar surface area (TPSA) is 71.5 Å². The third kappa shape index (κ3) is 5.56. The molecule has 0 aliphatic carbocycles. The summed E-state index contributed by atoms with van der Waals surface area (Å²) in [6, 6.07) is 5.97. The van der Waals surface area contributed by atoms with Crippen molar-refractivity contribution in [3.8, 4) is 0 Å². The van der Waals surface area contributed by atoms with Crippen LogP contribution in [0.15, 0.2) is 23.6 Å². The minimum absolute atomic E-state index is 0.0332. The first-order valence-corrected chi connectivity index (χ1v) is 10.8. The van der Waals surface area contributed by atoms with Crippen molar-refractivity contribution in [1.29, 1.82) is 0 Å². The Morgan fingerprint density at radius 2 is 1.69 bits per heavy atom. The van der Waals surface area contributed by atoms with Gasteiger partial charge in [0.05, 0.1) is 13.7 Å². The van der Waals surface area contributed by atoms with Crippen molar-refractivity contribution in [2.24, 2.45) is 0 Å². The van der Waals surface area contributed by atoms with Crippen molar-refractivity contribution < 1.29 is 14.3 Å². The van der Waals surface area contributed by atoms with Gasteiger partial charge in [0.25, 0.3) is 0 Å². The molecule has 2 rings (SSSR count). The van der Waals surface area contributed by atoms with E-state index in [4.69, 9.17) is 4.74 Å². The summed E-state index contributed by atoms with van der Waals surface area (Å²) in [4.78, 5) is 30.9. The van der Waals surface area contributed by atoms with Crippen LogP contribution in [0, 0.1) is 0 Å². The molecule has 2 aromatic rings. The van der Waals surface area contributed by atoms with E-state index in [0.29, 0.717) is 11.6 Å². The Bertz CT molecular complexity index is 832. The number of rotatable bonds is 7. The molecule has 0 bridgehead atoms. The third-order valence-corrected chi connectivity index (χ3v) is 5.57. The van der Waals surface area contributed by atoms with E-state index in [1.807, 2.05) is 19.9 Å². The van der Waals surface area contributed by atoms with Crippen LogP contribution in [-0.4, -0.2) is 35.0 Å². The molecule has 158 valence electrons. The van der Waals surface area contributed by atoms with E-state index in [1.54, 1.807) is 10.3 Å². The maximum Gasteiger partial charge on any atom is 0.357 e. The van der Waals surface area contributed by atoms with Crippen LogP contribution >= 0.6 is 11.3 Å². The van der Waals surface area contributed by atoms with Gasteiger partial charge in [-0.2, -0.15) is 0 Å². The summed E-state index contributed by atoms with van der Waals surface area (Å²) in [6.07, 6.45) is 0. The average molecular weight is 418 g/mol. The number of methoxy groups -OCH3 is 1. The molecule has 0 saturated heterocycles. The number of benzene rings is 1. The lowest BCUT2D eigenvalue weighted by Gasteiger charge is -2.28. The van der Waals surface area contributed by atoms with E-state index in [0.717, 1.165) is 16.8 Å². The zero-order chi connectivity index (χ0) is 21.7. The summed E-state index contributed by atoms with van der Waals surface area (Å²) in [5.41, 5.74) is 3.40. The molecule has 0 fully saturated rings. The highest BCUT2D eigenvalue weighted by molar-refractivity contribution is 7.09. The van der Waals surface area contributed by atoms with Gasteiger partial charge in [-0.25, -0.2) is 14.6 Å². The second-order valence-electron chi connectivity index (χ2n) is 7.89. The molecular formula is C22H31N3O3S. The number of hydrogen-bond acceptors (Lipinski definition) is 5. The van der Waals surface area contributed by atoms with E-state index < -0.39 is 5.97 Å². The number of amides is 2. The summed E-state index contributed by atoms with van der Waals surface area (Å²) in [7, 11) is 1.33. The molecule has 1 aromatic heterocycles. The highest BCUT2D eigenvalue weighted by Gasteiger charge is 2.23. The molecule has 1 N–H and O–H groups in total. The quantitative estimate of drug-likeness (QED) is 0.594. The molecule has 0 aliphatic heterocycles. The molecule has 1 aromatic carbocycles. The molecule has 29 heavy (non-hydrogen) atoms. The normalized spacial score (nSPS) is 11.2. The Kier molecular flexibility index (Phi) is 7.79. The van der Waals surface area contributed by atoms with Crippen LogP contribution in [0.25, 0.3) is 0 Å². The van der Waals surface area contributed by atoms with Crippen molar-refractivity contribution >= 4 is 29.0 Å². The number of carbonyl (C=O) groups excluding carboxylic acids is 2. The van der Waals surface area contributed by atoms with Crippen molar-refractivity contribution in [3.05, 3.63) is 45.4 Å². The number of thiazole rings is 1. The average Bonchev–Trinajstić information content (AvgIpc) is 3.13. The van der Waals surface area contributed by atoms with Crippen molar-refractivity contribution in [2.75, 3.05) is 12.4 Å². The number of esters is 1. The standard InChI is InChI=1S/C22H31N3O3S/c1-13(2)16-9-8-10-17(14(3)4)20(16)24-22(27)25(15(5)6)11-19-23-18(12-29-19)21(26)28-7/h8-10,12-15H,11H2,1-7H3,(H,24,27). The molecule has 0 saturated carbocycles. The van der Waals surface area contributed by atoms with Crippen LogP contribution in [0.3, 0.4) is 0 Å². The molecule has 0 spiro atoms. The first-order valence-electron chi connectivity index (χ1n) is 9.88. The summed E-state index contributed by atoms with van der Waals surface area (Å²) in [5, 5.41) is 5.50. The Labute approximate surface area is 177 Å². The van der Waals surface area contributed by atoms with Crippen LogP contribution in [0.1, 0.15) is 80.0 Å². The Balaban J connectivity index is 2.29. The number of anilines is 1. The van der Waals surface area contributed by atoms with Crippen molar-refractivity contribution in [2.45, 2.75) is 66.0 Å². The number of hydrogen-bond donors (Lipinski definition) is 1. The smallest absolute Gasteiger partial charge is 0.357 e. The van der Waals surface area contributed by atoms with Gasteiger partial charge in [0.15, 0.2) is 5.69 Å². The second-order valence-corrected chi connectivity index (χ2v) is 8.83. The second kappa shape index (κ2) is 9.87. The lowest BCUT2D eigenvalue weighted by Crippen LogP contribution is -2.40. The van der Waals surface area contributed by atoms with E-state index in [9.17, 15) is 9.59 Å². The van der Waals surface area contributed by atoms with Gasteiger partial charge >= 0.3 is 12.0 Å². The lowest BCUT2D eigenvalue weighted by atomic mass is 9.93. The number of aromatic nitrogens is 1. The minimum Gasteiger partial charge on any atom is -0.464 e. The van der Waals surface area contributed by atoms with Gasteiger partial charge in [-0.1, -0.05) is 45.9 Å². The first kappa shape index (κ1) is 22.9. The van der Waals surface area contributed by atoms with Gasteiger partial charge in [0.1, 0.15) is 5.01 Å². The molecule has 2 amide bonds.